The molecule has 30 heavy (non-hydrogen) atoms. The highest BCUT2D eigenvalue weighted by atomic mass is 16.2. The predicted molar refractivity (Wildman–Crippen MR) is 123 cm³/mol. The monoisotopic (exact) mass is 408 g/mol. The number of unbranched alkanes of at least 4 members (excludes halogenated alkanes) is 1. The molecule has 0 aliphatic rings. The van der Waals surface area contributed by atoms with Crippen molar-refractivity contribution in [1.82, 2.24) is 10.2 Å². The fourth-order valence-corrected chi connectivity index (χ4v) is 3.59. The van der Waals surface area contributed by atoms with E-state index in [0.717, 1.165) is 24.8 Å². The van der Waals surface area contributed by atoms with Crippen molar-refractivity contribution < 1.29 is 9.59 Å². The summed E-state index contributed by atoms with van der Waals surface area (Å²) in [6, 6.07) is 15.8. The van der Waals surface area contributed by atoms with Crippen LogP contribution in [0.3, 0.4) is 0 Å². The lowest BCUT2D eigenvalue weighted by Crippen LogP contribution is -2.50. The van der Waals surface area contributed by atoms with Gasteiger partial charge in [0, 0.05) is 13.1 Å². The second-order valence-electron chi connectivity index (χ2n) is 7.99. The van der Waals surface area contributed by atoms with Crippen LogP contribution >= 0.6 is 0 Å². The van der Waals surface area contributed by atoms with Crippen molar-refractivity contribution in [2.75, 3.05) is 13.1 Å². The van der Waals surface area contributed by atoms with Gasteiger partial charge in [0.1, 0.15) is 6.04 Å². The van der Waals surface area contributed by atoms with Gasteiger partial charge in [-0.25, -0.2) is 0 Å². The molecule has 0 spiro atoms. The Kier molecular flexibility index (Phi) is 9.59. The van der Waals surface area contributed by atoms with Crippen molar-refractivity contribution in [2.45, 2.75) is 65.8 Å². The van der Waals surface area contributed by atoms with Gasteiger partial charge in [0.15, 0.2) is 0 Å². The molecule has 0 fully saturated rings. The van der Waals surface area contributed by atoms with Gasteiger partial charge < -0.3 is 10.2 Å². The van der Waals surface area contributed by atoms with Crippen molar-refractivity contribution in [1.29, 1.82) is 0 Å². The van der Waals surface area contributed by atoms with Crippen LogP contribution in [0.5, 0.6) is 0 Å². The van der Waals surface area contributed by atoms with Crippen LogP contribution in [-0.4, -0.2) is 35.8 Å². The first kappa shape index (κ1) is 23.7. The molecule has 0 saturated heterocycles. The van der Waals surface area contributed by atoms with Crippen molar-refractivity contribution in [3.05, 3.63) is 70.8 Å². The van der Waals surface area contributed by atoms with Crippen molar-refractivity contribution in [3.63, 3.8) is 0 Å². The number of nitrogens with one attached hydrogen (secondary N) is 1. The minimum Gasteiger partial charge on any atom is -0.354 e. The maximum absolute atomic E-state index is 13.3. The van der Waals surface area contributed by atoms with E-state index in [9.17, 15) is 9.59 Å². The van der Waals surface area contributed by atoms with Gasteiger partial charge in [0.25, 0.3) is 0 Å². The molecule has 0 aromatic heterocycles. The molecule has 2 aromatic carbocycles. The summed E-state index contributed by atoms with van der Waals surface area (Å²) >= 11 is 0. The highest BCUT2D eigenvalue weighted by Crippen LogP contribution is 2.15. The van der Waals surface area contributed by atoms with Crippen molar-refractivity contribution in [3.8, 4) is 0 Å². The van der Waals surface area contributed by atoms with Crippen LogP contribution in [0.25, 0.3) is 0 Å². The first-order valence-corrected chi connectivity index (χ1v) is 11.1. The van der Waals surface area contributed by atoms with Crippen molar-refractivity contribution in [2.24, 2.45) is 0 Å². The Morgan fingerprint density at radius 1 is 0.967 bits per heavy atom. The van der Waals surface area contributed by atoms with Crippen molar-refractivity contribution >= 4 is 11.8 Å². The maximum Gasteiger partial charge on any atom is 0.242 e. The number of amides is 2. The Hall–Kier alpha value is -2.62. The lowest BCUT2D eigenvalue weighted by Gasteiger charge is -2.31. The van der Waals surface area contributed by atoms with E-state index in [1.165, 1.54) is 16.7 Å². The average molecular weight is 409 g/mol. The minimum atomic E-state index is -0.440. The van der Waals surface area contributed by atoms with E-state index >= 15 is 0 Å². The molecule has 1 N–H and O–H groups in total. The SMILES string of the molecule is CCCCNC(=O)[C@@H](CC)N(CCc1ccccc1)C(=O)Cc1ccc(C)c(C)c1. The van der Waals surface area contributed by atoms with Gasteiger partial charge in [0.05, 0.1) is 6.42 Å². The zero-order valence-electron chi connectivity index (χ0n) is 18.9. The van der Waals surface area contributed by atoms with E-state index in [1.54, 1.807) is 4.90 Å². The summed E-state index contributed by atoms with van der Waals surface area (Å²) in [4.78, 5) is 27.9. The summed E-state index contributed by atoms with van der Waals surface area (Å²) in [5.74, 6) is -0.0425. The molecule has 0 unspecified atom stereocenters. The molecular weight excluding hydrogens is 372 g/mol. The predicted octanol–water partition coefficient (Wildman–Crippen LogP) is 4.61. The zero-order chi connectivity index (χ0) is 21.9. The van der Waals surface area contributed by atoms with Gasteiger partial charge >= 0.3 is 0 Å². The summed E-state index contributed by atoms with van der Waals surface area (Å²) in [5, 5.41) is 3.02. The van der Waals surface area contributed by atoms with Gasteiger partial charge in [-0.1, -0.05) is 68.8 Å². The van der Waals surface area contributed by atoms with E-state index in [0.29, 0.717) is 25.9 Å². The average Bonchev–Trinajstić information content (AvgIpc) is 2.74. The van der Waals surface area contributed by atoms with Gasteiger partial charge in [-0.05, 0) is 55.4 Å². The minimum absolute atomic E-state index is 0.00618. The highest BCUT2D eigenvalue weighted by Gasteiger charge is 2.28. The standard InChI is InChI=1S/C26H36N2O2/c1-5-7-16-27-26(30)24(6-2)28(17-15-22-11-9-8-10-12-22)25(29)19-23-14-13-20(3)21(4)18-23/h8-14,18,24H,5-7,15-17,19H2,1-4H3,(H,27,30)/t24-/m1/s1. The Labute approximate surface area is 181 Å². The molecule has 2 aromatic rings. The van der Waals surface area contributed by atoms with Crippen LogP contribution in [-0.2, 0) is 22.4 Å². The van der Waals surface area contributed by atoms with E-state index in [2.05, 4.69) is 50.4 Å². The molecule has 0 heterocycles. The maximum atomic E-state index is 13.3. The number of carbonyl (C=O) groups is 2. The van der Waals surface area contributed by atoms with E-state index in [-0.39, 0.29) is 11.8 Å². The van der Waals surface area contributed by atoms with Crippen LogP contribution < -0.4 is 5.32 Å². The quantitative estimate of drug-likeness (QED) is 0.552. The van der Waals surface area contributed by atoms with Crippen LogP contribution in [0, 0.1) is 13.8 Å². The summed E-state index contributed by atoms with van der Waals surface area (Å²) in [6.45, 7) is 9.40. The van der Waals surface area contributed by atoms with Crippen LogP contribution in [0.15, 0.2) is 48.5 Å². The van der Waals surface area contributed by atoms with E-state index in [1.807, 2.05) is 31.2 Å². The first-order valence-electron chi connectivity index (χ1n) is 11.1. The Balaban J connectivity index is 2.17. The summed E-state index contributed by atoms with van der Waals surface area (Å²) in [5.41, 5.74) is 4.56. The third-order valence-corrected chi connectivity index (χ3v) is 5.63. The third kappa shape index (κ3) is 7.01. The van der Waals surface area contributed by atoms with Crippen LogP contribution in [0.2, 0.25) is 0 Å². The third-order valence-electron chi connectivity index (χ3n) is 5.63. The number of hydrogen-bond acceptors (Lipinski definition) is 2. The zero-order valence-corrected chi connectivity index (χ0v) is 18.9. The molecule has 0 bridgehead atoms. The topological polar surface area (TPSA) is 49.4 Å². The van der Waals surface area contributed by atoms with Gasteiger partial charge in [-0.15, -0.1) is 0 Å². The molecule has 4 heteroatoms. The normalized spacial score (nSPS) is 11.7. The van der Waals surface area contributed by atoms with Gasteiger partial charge in [-0.3, -0.25) is 9.59 Å². The molecule has 0 aliphatic carbocycles. The lowest BCUT2D eigenvalue weighted by molar-refractivity contribution is -0.140. The number of nitrogens with zero attached hydrogens (tertiary/aromatic N) is 1. The second-order valence-corrected chi connectivity index (χ2v) is 7.99. The fourth-order valence-electron chi connectivity index (χ4n) is 3.59. The molecule has 0 radical (unpaired) electrons. The second kappa shape index (κ2) is 12.2. The van der Waals surface area contributed by atoms with Gasteiger partial charge in [0.2, 0.25) is 11.8 Å². The number of aryl methyl sites for hydroxylation is 2. The summed E-state index contributed by atoms with van der Waals surface area (Å²) < 4.78 is 0. The molecule has 162 valence electrons. The van der Waals surface area contributed by atoms with Crippen LogP contribution in [0.4, 0.5) is 0 Å². The molecule has 2 rings (SSSR count). The number of carbonyl (C=O) groups excluding carboxylic acids is 2. The molecule has 0 saturated carbocycles. The largest absolute Gasteiger partial charge is 0.354 e. The smallest absolute Gasteiger partial charge is 0.242 e. The molecule has 0 aliphatic heterocycles. The molecule has 1 atom stereocenters. The van der Waals surface area contributed by atoms with E-state index in [4.69, 9.17) is 0 Å². The molecule has 2 amide bonds. The Bertz CT molecular complexity index is 817. The highest BCUT2D eigenvalue weighted by molar-refractivity contribution is 5.88. The summed E-state index contributed by atoms with van der Waals surface area (Å²) in [6.07, 6.45) is 3.63. The first-order chi connectivity index (χ1) is 14.5. The van der Waals surface area contributed by atoms with Gasteiger partial charge in [-0.2, -0.15) is 0 Å². The number of benzene rings is 2. The number of hydrogen-bond donors (Lipinski definition) is 1. The Morgan fingerprint density at radius 3 is 2.33 bits per heavy atom. The molecular formula is C26H36N2O2. The summed E-state index contributed by atoms with van der Waals surface area (Å²) in [7, 11) is 0. The number of rotatable bonds is 11. The fraction of sp³-hybridized carbons (Fsp3) is 0.462. The lowest BCUT2D eigenvalue weighted by atomic mass is 10.0. The Morgan fingerprint density at radius 2 is 1.70 bits per heavy atom. The molecule has 4 nitrogen and oxygen atoms in total. The van der Waals surface area contributed by atoms with Crippen LogP contribution in [0.1, 0.15) is 55.4 Å². The van der Waals surface area contributed by atoms with E-state index < -0.39 is 6.04 Å².